The Labute approximate surface area is 202 Å². The molecule has 2 fully saturated rings. The fourth-order valence-corrected chi connectivity index (χ4v) is 6.67. The highest BCUT2D eigenvalue weighted by molar-refractivity contribution is 6.75. The Hall–Kier alpha value is -3.47. The summed E-state index contributed by atoms with van der Waals surface area (Å²) in [6.07, 6.45) is 1.36. The van der Waals surface area contributed by atoms with Crippen LogP contribution in [0.3, 0.4) is 0 Å². The number of pyridine rings is 1. The van der Waals surface area contributed by atoms with Crippen LogP contribution in [0.1, 0.15) is 63.7 Å². The van der Waals surface area contributed by atoms with Crippen molar-refractivity contribution in [2.45, 2.75) is 50.1 Å². The summed E-state index contributed by atoms with van der Waals surface area (Å²) < 4.78 is 26.9. The van der Waals surface area contributed by atoms with E-state index in [0.29, 0.717) is 41.6 Å². The summed E-state index contributed by atoms with van der Waals surface area (Å²) >= 11 is 0. The molecule has 1 aromatic heterocycles. The number of fused-ring (bicyclic) bond motifs is 1. The average molecular weight is 499 g/mol. The minimum atomic E-state index is -1.39. The SMILES string of the molecule is O=C1CC[C@H](N2Cc3cc(C(=O)N[C@H](c4ccc(F)cn4)C4CC(F)C4)ccc3C2=O)[SiH2]C(=O)N1. The van der Waals surface area contributed by atoms with Crippen LogP contribution >= 0.6 is 0 Å². The quantitative estimate of drug-likeness (QED) is 0.613. The Balaban J connectivity index is 1.33. The molecule has 2 aromatic rings. The largest absolute Gasteiger partial charge is 0.343 e. The molecule has 0 spiro atoms. The molecule has 4 amide bonds. The highest BCUT2D eigenvalue weighted by Crippen LogP contribution is 2.39. The first-order valence-corrected chi connectivity index (χ1v) is 13.1. The van der Waals surface area contributed by atoms with Gasteiger partial charge in [0.05, 0.1) is 17.9 Å². The van der Waals surface area contributed by atoms with E-state index in [1.807, 2.05) is 0 Å². The van der Waals surface area contributed by atoms with Crippen molar-refractivity contribution in [1.82, 2.24) is 20.5 Å². The molecule has 11 heteroatoms. The van der Waals surface area contributed by atoms with Crippen LogP contribution in [0.25, 0.3) is 0 Å². The molecule has 3 aliphatic rings. The first kappa shape index (κ1) is 23.3. The summed E-state index contributed by atoms with van der Waals surface area (Å²) in [5.41, 5.74) is 1.42. The molecule has 1 saturated carbocycles. The average Bonchev–Trinajstić information content (AvgIpc) is 3.03. The van der Waals surface area contributed by atoms with Gasteiger partial charge in [-0.15, -0.1) is 0 Å². The van der Waals surface area contributed by atoms with Crippen LogP contribution in [0.4, 0.5) is 13.6 Å². The number of hydrogen-bond acceptors (Lipinski definition) is 5. The molecule has 2 aliphatic heterocycles. The number of amides is 4. The number of carbonyl (C=O) groups is 4. The molecule has 0 radical (unpaired) electrons. The zero-order chi connectivity index (χ0) is 24.7. The van der Waals surface area contributed by atoms with Crippen LogP contribution in [0, 0.1) is 11.7 Å². The first-order chi connectivity index (χ1) is 16.8. The number of carbonyl (C=O) groups excluding carboxylic acids is 4. The van der Waals surface area contributed by atoms with Crippen molar-refractivity contribution in [3.05, 3.63) is 64.7 Å². The molecule has 8 nitrogen and oxygen atoms in total. The number of hydrogen-bond donors (Lipinski definition) is 2. The van der Waals surface area contributed by atoms with E-state index in [9.17, 15) is 28.0 Å². The second-order valence-electron chi connectivity index (χ2n) is 9.35. The number of benzene rings is 1. The van der Waals surface area contributed by atoms with Crippen LogP contribution in [-0.2, 0) is 11.3 Å². The van der Waals surface area contributed by atoms with Crippen molar-refractivity contribution < 1.29 is 28.0 Å². The molecule has 35 heavy (non-hydrogen) atoms. The molecule has 1 aromatic carbocycles. The standard InChI is InChI=1S/C24H24F2N4O4Si/c25-15-2-4-18(27-10-15)21(13-8-16(26)9-13)29-22(32)12-1-3-17-14(7-12)11-30(23(17)33)20-6-5-19(31)28-24(34)35-20/h1-4,7,10,13,16,20-21H,5-6,8-9,11,35H2,(H,29,32)(H,28,31,34)/t13?,16?,20-,21+/m1/s1. The Kier molecular flexibility index (Phi) is 6.18. The van der Waals surface area contributed by atoms with Crippen LogP contribution < -0.4 is 10.6 Å². The maximum atomic E-state index is 13.5. The third kappa shape index (κ3) is 4.72. The van der Waals surface area contributed by atoms with Gasteiger partial charge >= 0.3 is 0 Å². The summed E-state index contributed by atoms with van der Waals surface area (Å²) in [5, 5.41) is 5.27. The highest BCUT2D eigenvalue weighted by Gasteiger charge is 2.39. The Morgan fingerprint density at radius 1 is 1.20 bits per heavy atom. The third-order valence-electron chi connectivity index (χ3n) is 6.99. The van der Waals surface area contributed by atoms with E-state index < -0.39 is 33.5 Å². The van der Waals surface area contributed by atoms with Gasteiger partial charge in [-0.25, -0.2) is 8.78 Å². The van der Waals surface area contributed by atoms with E-state index in [0.717, 1.165) is 6.20 Å². The van der Waals surface area contributed by atoms with Crippen molar-refractivity contribution in [2.24, 2.45) is 5.92 Å². The molecular weight excluding hydrogens is 474 g/mol. The maximum Gasteiger partial charge on any atom is 0.254 e. The summed E-state index contributed by atoms with van der Waals surface area (Å²) in [5.74, 6) is -1.56. The normalized spacial score (nSPS) is 25.5. The number of aromatic nitrogens is 1. The Morgan fingerprint density at radius 3 is 2.71 bits per heavy atom. The number of alkyl halides is 1. The lowest BCUT2D eigenvalue weighted by Gasteiger charge is -2.36. The number of imide groups is 1. The molecular formula is C24H24F2N4O4Si. The van der Waals surface area contributed by atoms with Crippen LogP contribution in [0.2, 0.25) is 0 Å². The van der Waals surface area contributed by atoms with Crippen molar-refractivity contribution in [3.8, 4) is 0 Å². The molecule has 1 aliphatic carbocycles. The minimum absolute atomic E-state index is 0.146. The molecule has 0 bridgehead atoms. The van der Waals surface area contributed by atoms with E-state index in [2.05, 4.69) is 15.6 Å². The van der Waals surface area contributed by atoms with E-state index in [4.69, 9.17) is 0 Å². The molecule has 3 heterocycles. The molecule has 0 unspecified atom stereocenters. The van der Waals surface area contributed by atoms with Crippen LogP contribution in [-0.4, -0.2) is 54.5 Å². The van der Waals surface area contributed by atoms with Gasteiger partial charge in [0.15, 0.2) is 15.1 Å². The van der Waals surface area contributed by atoms with Crippen molar-refractivity contribution >= 4 is 32.8 Å². The van der Waals surface area contributed by atoms with Crippen molar-refractivity contribution in [3.63, 3.8) is 0 Å². The molecule has 2 atom stereocenters. The van der Waals surface area contributed by atoms with E-state index >= 15 is 0 Å². The lowest BCUT2D eigenvalue weighted by atomic mass is 9.77. The number of rotatable bonds is 5. The van der Waals surface area contributed by atoms with Crippen molar-refractivity contribution in [2.75, 3.05) is 0 Å². The predicted octanol–water partition coefficient (Wildman–Crippen LogP) is 1.92. The topological polar surface area (TPSA) is 108 Å². The number of halogens is 2. The van der Waals surface area contributed by atoms with Crippen molar-refractivity contribution in [1.29, 1.82) is 0 Å². The zero-order valence-corrected chi connectivity index (χ0v) is 20.2. The third-order valence-corrected chi connectivity index (χ3v) is 8.86. The summed E-state index contributed by atoms with van der Waals surface area (Å²) in [7, 11) is -1.39. The Morgan fingerprint density at radius 2 is 2.00 bits per heavy atom. The summed E-state index contributed by atoms with van der Waals surface area (Å²) in [4.78, 5) is 55.5. The molecule has 1 saturated heterocycles. The van der Waals surface area contributed by atoms with E-state index in [1.165, 1.54) is 12.1 Å². The van der Waals surface area contributed by atoms with E-state index in [1.54, 1.807) is 23.1 Å². The molecule has 2 N–H and O–H groups in total. The lowest BCUT2D eigenvalue weighted by Crippen LogP contribution is -2.43. The smallest absolute Gasteiger partial charge is 0.254 e. The van der Waals surface area contributed by atoms with Gasteiger partial charge in [-0.05, 0) is 61.1 Å². The molecule has 5 rings (SSSR count). The number of nitrogens with one attached hydrogen (secondary N) is 2. The van der Waals surface area contributed by atoms with E-state index in [-0.39, 0.29) is 41.9 Å². The molecule has 182 valence electrons. The minimum Gasteiger partial charge on any atom is -0.343 e. The predicted molar refractivity (Wildman–Crippen MR) is 123 cm³/mol. The zero-order valence-electron chi connectivity index (χ0n) is 18.8. The monoisotopic (exact) mass is 498 g/mol. The van der Waals surface area contributed by atoms with Gasteiger partial charge in [0.2, 0.25) is 5.91 Å². The van der Waals surface area contributed by atoms with Crippen LogP contribution in [0.5, 0.6) is 0 Å². The van der Waals surface area contributed by atoms with Gasteiger partial charge in [0, 0.05) is 29.8 Å². The van der Waals surface area contributed by atoms with Gasteiger partial charge in [-0.3, -0.25) is 24.2 Å². The Bertz CT molecular complexity index is 1200. The highest BCUT2D eigenvalue weighted by atomic mass is 28.2. The second-order valence-corrected chi connectivity index (χ2v) is 11.3. The fraction of sp³-hybridized carbons (Fsp3) is 0.375. The van der Waals surface area contributed by atoms with Gasteiger partial charge in [-0.1, -0.05) is 0 Å². The van der Waals surface area contributed by atoms with Gasteiger partial charge < -0.3 is 15.5 Å². The second kappa shape index (κ2) is 9.29. The lowest BCUT2D eigenvalue weighted by molar-refractivity contribution is -0.119. The van der Waals surface area contributed by atoms with Gasteiger partial charge in [-0.2, -0.15) is 0 Å². The fourth-order valence-electron chi connectivity index (χ4n) is 5.02. The first-order valence-electron chi connectivity index (χ1n) is 11.6. The number of nitrogens with zero attached hydrogens (tertiary/aromatic N) is 2. The summed E-state index contributed by atoms with van der Waals surface area (Å²) in [6, 6.07) is 7.00. The van der Waals surface area contributed by atoms with Crippen LogP contribution in [0.15, 0.2) is 36.5 Å². The van der Waals surface area contributed by atoms with Gasteiger partial charge in [0.1, 0.15) is 12.0 Å². The summed E-state index contributed by atoms with van der Waals surface area (Å²) in [6.45, 7) is 0.267. The van der Waals surface area contributed by atoms with Gasteiger partial charge in [0.25, 0.3) is 11.8 Å². The maximum absolute atomic E-state index is 13.5.